The summed E-state index contributed by atoms with van der Waals surface area (Å²) in [6.07, 6.45) is 0.968. The summed E-state index contributed by atoms with van der Waals surface area (Å²) in [5, 5.41) is 15.0. The molecule has 1 atom stereocenters. The maximum atomic E-state index is 11.8. The third-order valence-corrected chi connectivity index (χ3v) is 4.91. The Labute approximate surface area is 160 Å². The Hall–Kier alpha value is -1.97. The molecule has 1 aromatic heterocycles. The van der Waals surface area contributed by atoms with E-state index in [1.807, 2.05) is 6.92 Å². The summed E-state index contributed by atoms with van der Waals surface area (Å²) >= 11 is 0. The first kappa shape index (κ1) is 19.8. The topological polar surface area (TPSA) is 103 Å². The fourth-order valence-corrected chi connectivity index (χ4v) is 3.43. The molecule has 2 aliphatic heterocycles. The van der Waals surface area contributed by atoms with Gasteiger partial charge in [-0.25, -0.2) is 4.98 Å². The number of ether oxygens (including phenoxy) is 1. The van der Waals surface area contributed by atoms with E-state index in [0.29, 0.717) is 38.1 Å². The molecule has 0 aliphatic carbocycles. The van der Waals surface area contributed by atoms with Gasteiger partial charge in [0.05, 0.1) is 25.5 Å². The van der Waals surface area contributed by atoms with Crippen molar-refractivity contribution in [3.63, 3.8) is 0 Å². The lowest BCUT2D eigenvalue weighted by atomic mass is 10.0. The van der Waals surface area contributed by atoms with Crippen molar-refractivity contribution in [3.8, 4) is 0 Å². The molecule has 2 fully saturated rings. The summed E-state index contributed by atoms with van der Waals surface area (Å²) in [6.45, 7) is 8.23. The molecule has 2 aliphatic rings. The van der Waals surface area contributed by atoms with E-state index in [4.69, 9.17) is 9.84 Å². The van der Waals surface area contributed by atoms with Crippen LogP contribution in [0.15, 0.2) is 6.07 Å². The van der Waals surface area contributed by atoms with E-state index >= 15 is 0 Å². The number of nitrogens with zero attached hydrogens (tertiary/aromatic N) is 4. The van der Waals surface area contributed by atoms with Crippen LogP contribution in [0.5, 0.6) is 0 Å². The van der Waals surface area contributed by atoms with Gasteiger partial charge in [-0.1, -0.05) is 0 Å². The van der Waals surface area contributed by atoms with Gasteiger partial charge in [-0.15, -0.1) is 0 Å². The molecular weight excluding hydrogens is 348 g/mol. The zero-order chi connectivity index (χ0) is 19.1. The van der Waals surface area contributed by atoms with Crippen LogP contribution in [0.3, 0.4) is 0 Å². The van der Waals surface area contributed by atoms with Crippen molar-refractivity contribution < 1.29 is 14.6 Å². The maximum absolute atomic E-state index is 11.8. The monoisotopic (exact) mass is 378 g/mol. The number of aromatic nitrogens is 2. The number of amides is 1. The molecule has 0 aromatic carbocycles. The Morgan fingerprint density at radius 3 is 2.81 bits per heavy atom. The molecule has 3 heterocycles. The van der Waals surface area contributed by atoms with Crippen molar-refractivity contribution in [3.05, 3.63) is 11.8 Å². The molecule has 1 aromatic rings. The van der Waals surface area contributed by atoms with Crippen molar-refractivity contribution >= 4 is 17.7 Å². The first-order valence-corrected chi connectivity index (χ1v) is 9.75. The minimum atomic E-state index is 0.0357. The second-order valence-corrected chi connectivity index (χ2v) is 6.90. The van der Waals surface area contributed by atoms with Gasteiger partial charge in [-0.3, -0.25) is 9.69 Å². The predicted octanol–water partition coefficient (Wildman–Crippen LogP) is -0.357. The SMILES string of the molecule is CCNC(=O)CN1CCN(c2cc([C@@H]3CCOC3)nc(NCCO)n2)CC1. The van der Waals surface area contributed by atoms with E-state index in [2.05, 4.69) is 36.5 Å². The van der Waals surface area contributed by atoms with Gasteiger partial charge < -0.3 is 25.4 Å². The number of nitrogens with one attached hydrogen (secondary N) is 2. The van der Waals surface area contributed by atoms with Crippen LogP contribution in [0.25, 0.3) is 0 Å². The van der Waals surface area contributed by atoms with Gasteiger partial charge in [-0.05, 0) is 13.3 Å². The smallest absolute Gasteiger partial charge is 0.234 e. The number of aliphatic hydroxyl groups is 1. The first-order chi connectivity index (χ1) is 13.2. The molecule has 0 radical (unpaired) electrons. The highest BCUT2D eigenvalue weighted by molar-refractivity contribution is 5.77. The van der Waals surface area contributed by atoms with Crippen LogP contribution >= 0.6 is 0 Å². The predicted molar refractivity (Wildman–Crippen MR) is 103 cm³/mol. The Balaban J connectivity index is 1.66. The lowest BCUT2D eigenvalue weighted by Gasteiger charge is -2.35. The zero-order valence-corrected chi connectivity index (χ0v) is 16.0. The van der Waals surface area contributed by atoms with Gasteiger partial charge in [-0.2, -0.15) is 4.98 Å². The molecule has 0 unspecified atom stereocenters. The molecule has 0 spiro atoms. The second-order valence-electron chi connectivity index (χ2n) is 6.90. The average Bonchev–Trinajstić information content (AvgIpc) is 3.22. The standard InChI is InChI=1S/C18H30N6O3/c1-2-19-17(26)12-23-5-7-24(8-6-23)16-11-15(14-3-10-27-13-14)21-18(22-16)20-4-9-25/h11,14,25H,2-10,12-13H2,1H3,(H,19,26)(H,20,21,22)/t14-/m1/s1. The Bertz CT molecular complexity index is 615. The van der Waals surface area contributed by atoms with E-state index in [1.54, 1.807) is 0 Å². The van der Waals surface area contributed by atoms with Crippen LogP contribution in [0.4, 0.5) is 11.8 Å². The van der Waals surface area contributed by atoms with Crippen molar-refractivity contribution in [2.45, 2.75) is 19.3 Å². The number of anilines is 2. The maximum Gasteiger partial charge on any atom is 0.234 e. The third kappa shape index (κ3) is 5.50. The number of aliphatic hydroxyl groups excluding tert-OH is 1. The van der Waals surface area contributed by atoms with Gasteiger partial charge in [0.1, 0.15) is 5.82 Å². The lowest BCUT2D eigenvalue weighted by Crippen LogP contribution is -2.49. The van der Waals surface area contributed by atoms with Gasteiger partial charge in [0.25, 0.3) is 0 Å². The third-order valence-electron chi connectivity index (χ3n) is 4.91. The van der Waals surface area contributed by atoms with Gasteiger partial charge >= 0.3 is 0 Å². The van der Waals surface area contributed by atoms with Crippen LogP contribution < -0.4 is 15.5 Å². The zero-order valence-electron chi connectivity index (χ0n) is 16.0. The van der Waals surface area contributed by atoms with Crippen molar-refractivity contribution in [2.75, 3.05) is 75.9 Å². The van der Waals surface area contributed by atoms with Crippen molar-refractivity contribution in [1.29, 1.82) is 0 Å². The van der Waals surface area contributed by atoms with Gasteiger partial charge in [0.2, 0.25) is 11.9 Å². The fraction of sp³-hybridized carbons (Fsp3) is 0.722. The molecule has 1 amide bonds. The number of piperazine rings is 1. The molecular formula is C18H30N6O3. The highest BCUT2D eigenvalue weighted by atomic mass is 16.5. The summed E-state index contributed by atoms with van der Waals surface area (Å²) in [7, 11) is 0. The summed E-state index contributed by atoms with van der Waals surface area (Å²) in [5.41, 5.74) is 0.989. The summed E-state index contributed by atoms with van der Waals surface area (Å²) < 4.78 is 5.51. The molecule has 0 saturated carbocycles. The van der Waals surface area contributed by atoms with E-state index in [0.717, 1.165) is 50.7 Å². The molecule has 27 heavy (non-hydrogen) atoms. The van der Waals surface area contributed by atoms with E-state index in [9.17, 15) is 4.79 Å². The Morgan fingerprint density at radius 1 is 1.33 bits per heavy atom. The van der Waals surface area contributed by atoms with E-state index < -0.39 is 0 Å². The number of rotatable bonds is 8. The van der Waals surface area contributed by atoms with E-state index in [-0.39, 0.29) is 12.5 Å². The highest BCUT2D eigenvalue weighted by Crippen LogP contribution is 2.27. The number of hydrogen-bond acceptors (Lipinski definition) is 8. The molecule has 0 bridgehead atoms. The fourth-order valence-electron chi connectivity index (χ4n) is 3.43. The lowest BCUT2D eigenvalue weighted by molar-refractivity contribution is -0.122. The Morgan fingerprint density at radius 2 is 2.15 bits per heavy atom. The molecule has 150 valence electrons. The molecule has 3 N–H and O–H groups in total. The van der Waals surface area contributed by atoms with Crippen LogP contribution in [-0.2, 0) is 9.53 Å². The van der Waals surface area contributed by atoms with Crippen LogP contribution in [-0.4, -0.2) is 91.5 Å². The van der Waals surface area contributed by atoms with Crippen molar-refractivity contribution in [2.24, 2.45) is 0 Å². The summed E-state index contributed by atoms with van der Waals surface area (Å²) in [5.74, 6) is 1.81. The van der Waals surface area contributed by atoms with Crippen LogP contribution in [0.2, 0.25) is 0 Å². The first-order valence-electron chi connectivity index (χ1n) is 9.75. The molecule has 2 saturated heterocycles. The largest absolute Gasteiger partial charge is 0.395 e. The summed E-state index contributed by atoms with van der Waals surface area (Å²) in [6, 6.07) is 2.06. The molecule has 3 rings (SSSR count). The average molecular weight is 378 g/mol. The molecule has 9 heteroatoms. The van der Waals surface area contributed by atoms with E-state index in [1.165, 1.54) is 0 Å². The number of carbonyl (C=O) groups is 1. The van der Waals surface area contributed by atoms with Crippen LogP contribution in [0, 0.1) is 0 Å². The van der Waals surface area contributed by atoms with Gasteiger partial charge in [0, 0.05) is 57.9 Å². The molecule has 9 nitrogen and oxygen atoms in total. The van der Waals surface area contributed by atoms with Gasteiger partial charge in [0.15, 0.2) is 0 Å². The minimum Gasteiger partial charge on any atom is -0.395 e. The Kier molecular flexibility index (Phi) is 7.19. The van der Waals surface area contributed by atoms with Crippen LogP contribution in [0.1, 0.15) is 25.0 Å². The van der Waals surface area contributed by atoms with Crippen molar-refractivity contribution in [1.82, 2.24) is 20.2 Å². The normalized spacial score (nSPS) is 20.7. The minimum absolute atomic E-state index is 0.0357. The summed E-state index contributed by atoms with van der Waals surface area (Å²) in [4.78, 5) is 25.4. The number of carbonyl (C=O) groups excluding carboxylic acids is 1. The second kappa shape index (κ2) is 9.82. The number of hydrogen-bond donors (Lipinski definition) is 3. The quantitative estimate of drug-likeness (QED) is 0.564. The number of likely N-dealkylation sites (N-methyl/N-ethyl adjacent to an activating group) is 1. The highest BCUT2D eigenvalue weighted by Gasteiger charge is 2.24.